The number of rotatable bonds is 5. The molecule has 0 saturated carbocycles. The first-order valence-electron chi connectivity index (χ1n) is 7.65. The van der Waals surface area contributed by atoms with Crippen molar-refractivity contribution in [2.45, 2.75) is 13.8 Å². The Morgan fingerprint density at radius 2 is 2.00 bits per heavy atom. The van der Waals surface area contributed by atoms with Crippen molar-refractivity contribution >= 4 is 28.6 Å². The second-order valence-corrected chi connectivity index (χ2v) is 6.81. The molecule has 8 nitrogen and oxygen atoms in total. The van der Waals surface area contributed by atoms with Crippen LogP contribution < -0.4 is 5.43 Å². The summed E-state index contributed by atoms with van der Waals surface area (Å²) in [7, 11) is 0. The van der Waals surface area contributed by atoms with E-state index in [2.05, 4.69) is 20.7 Å². The number of H-pyrrole nitrogens is 1. The molecular formula is C17H15N5O3S. The van der Waals surface area contributed by atoms with Gasteiger partial charge in [0, 0.05) is 17.0 Å². The fourth-order valence-corrected chi connectivity index (χ4v) is 3.06. The molecule has 2 heterocycles. The van der Waals surface area contributed by atoms with Crippen LogP contribution in [0.4, 0.5) is 5.69 Å². The number of hydrogen-bond acceptors (Lipinski definition) is 6. The molecule has 2 N–H and O–H groups in total. The van der Waals surface area contributed by atoms with Gasteiger partial charge in [-0.05, 0) is 49.7 Å². The zero-order valence-electron chi connectivity index (χ0n) is 14.0. The van der Waals surface area contributed by atoms with Gasteiger partial charge in [0.2, 0.25) is 0 Å². The standard InChI is InChI=1S/C17H15N5O3S/c1-10-3-8-16(26-10)14-9-15(20-19-14)17(23)21-18-11(2)12-4-6-13(7-5-12)22(24)25/h3-9H,1-2H3,(H,19,20)(H,21,23)/b18-11+. The molecular weight excluding hydrogens is 354 g/mol. The third-order valence-electron chi connectivity index (χ3n) is 3.64. The summed E-state index contributed by atoms with van der Waals surface area (Å²) in [6.45, 7) is 3.71. The van der Waals surface area contributed by atoms with Crippen LogP contribution in [0.25, 0.3) is 10.6 Å². The number of aromatic nitrogens is 2. The molecule has 26 heavy (non-hydrogen) atoms. The van der Waals surface area contributed by atoms with Crippen LogP contribution in [-0.2, 0) is 0 Å². The summed E-state index contributed by atoms with van der Waals surface area (Å²) in [5.74, 6) is -0.443. The summed E-state index contributed by atoms with van der Waals surface area (Å²) in [6, 6.07) is 11.6. The predicted molar refractivity (Wildman–Crippen MR) is 99.4 cm³/mol. The van der Waals surface area contributed by atoms with Gasteiger partial charge in [-0.3, -0.25) is 20.0 Å². The van der Waals surface area contributed by atoms with Gasteiger partial charge >= 0.3 is 0 Å². The summed E-state index contributed by atoms with van der Waals surface area (Å²) in [4.78, 5) is 24.6. The van der Waals surface area contributed by atoms with E-state index >= 15 is 0 Å². The summed E-state index contributed by atoms with van der Waals surface area (Å²) >= 11 is 1.61. The molecule has 0 aliphatic rings. The molecule has 3 rings (SSSR count). The molecule has 9 heteroatoms. The monoisotopic (exact) mass is 369 g/mol. The highest BCUT2D eigenvalue weighted by Gasteiger charge is 2.12. The van der Waals surface area contributed by atoms with Crippen molar-refractivity contribution in [1.82, 2.24) is 15.6 Å². The SMILES string of the molecule is C/C(=N\NC(=O)c1cc(-c2ccc(C)s2)[nH]n1)c1ccc([N+](=O)[O-])cc1. The van der Waals surface area contributed by atoms with Crippen LogP contribution in [0, 0.1) is 17.0 Å². The minimum Gasteiger partial charge on any atom is -0.276 e. The molecule has 0 atom stereocenters. The summed E-state index contributed by atoms with van der Waals surface area (Å²) < 4.78 is 0. The van der Waals surface area contributed by atoms with Crippen LogP contribution in [0.1, 0.15) is 27.9 Å². The molecule has 1 amide bonds. The number of non-ortho nitro benzene ring substituents is 1. The Labute approximate surface area is 152 Å². The van der Waals surface area contributed by atoms with Gasteiger partial charge in [-0.25, -0.2) is 5.43 Å². The molecule has 0 saturated heterocycles. The van der Waals surface area contributed by atoms with E-state index in [4.69, 9.17) is 0 Å². The number of aryl methyl sites for hydroxylation is 1. The minimum atomic E-state index is -0.470. The Kier molecular flexibility index (Phi) is 4.90. The largest absolute Gasteiger partial charge is 0.291 e. The smallest absolute Gasteiger partial charge is 0.276 e. The van der Waals surface area contributed by atoms with Crippen LogP contribution in [0.15, 0.2) is 47.6 Å². The molecule has 0 spiro atoms. The number of carbonyl (C=O) groups is 1. The Morgan fingerprint density at radius 3 is 2.62 bits per heavy atom. The molecule has 2 aromatic heterocycles. The van der Waals surface area contributed by atoms with Gasteiger partial charge in [-0.15, -0.1) is 11.3 Å². The maximum absolute atomic E-state index is 12.2. The average Bonchev–Trinajstić information content (AvgIpc) is 3.28. The van der Waals surface area contributed by atoms with Gasteiger partial charge < -0.3 is 0 Å². The second-order valence-electron chi connectivity index (χ2n) is 5.52. The minimum absolute atomic E-state index is 0.00143. The van der Waals surface area contributed by atoms with Crippen molar-refractivity contribution < 1.29 is 9.72 Å². The van der Waals surface area contributed by atoms with E-state index in [1.54, 1.807) is 36.5 Å². The van der Waals surface area contributed by atoms with E-state index in [0.29, 0.717) is 11.3 Å². The Bertz CT molecular complexity index is 988. The number of hydrogen-bond donors (Lipinski definition) is 2. The molecule has 0 bridgehead atoms. The molecule has 0 unspecified atom stereocenters. The van der Waals surface area contributed by atoms with Gasteiger partial charge in [0.25, 0.3) is 11.6 Å². The maximum Gasteiger partial charge on any atom is 0.291 e. The number of aromatic amines is 1. The van der Waals surface area contributed by atoms with Gasteiger partial charge in [0.05, 0.1) is 21.2 Å². The second kappa shape index (κ2) is 7.28. The highest BCUT2D eigenvalue weighted by Crippen LogP contribution is 2.26. The number of hydrazone groups is 1. The van der Waals surface area contributed by atoms with Crippen molar-refractivity contribution in [3.05, 3.63) is 68.7 Å². The highest BCUT2D eigenvalue weighted by atomic mass is 32.1. The first-order chi connectivity index (χ1) is 12.4. The lowest BCUT2D eigenvalue weighted by Gasteiger charge is -2.01. The number of nitrogens with zero attached hydrogens (tertiary/aromatic N) is 3. The molecule has 0 fully saturated rings. The van der Waals surface area contributed by atoms with Gasteiger partial charge in [0.15, 0.2) is 5.69 Å². The highest BCUT2D eigenvalue weighted by molar-refractivity contribution is 7.15. The fourth-order valence-electron chi connectivity index (χ4n) is 2.22. The van der Waals surface area contributed by atoms with Crippen LogP contribution in [0.5, 0.6) is 0 Å². The van der Waals surface area contributed by atoms with E-state index in [9.17, 15) is 14.9 Å². The lowest BCUT2D eigenvalue weighted by atomic mass is 10.1. The number of carbonyl (C=O) groups excluding carboxylic acids is 1. The summed E-state index contributed by atoms with van der Waals surface area (Å²) in [5, 5.41) is 21.5. The molecule has 0 aliphatic heterocycles. The number of nitro benzene ring substituents is 1. The first-order valence-corrected chi connectivity index (χ1v) is 8.47. The molecule has 0 aliphatic carbocycles. The van der Waals surface area contributed by atoms with Crippen molar-refractivity contribution in [1.29, 1.82) is 0 Å². The van der Waals surface area contributed by atoms with Gasteiger partial charge in [0.1, 0.15) is 0 Å². The first kappa shape index (κ1) is 17.5. The number of thiophene rings is 1. The Hall–Kier alpha value is -3.33. The van der Waals surface area contributed by atoms with Gasteiger partial charge in [-0.2, -0.15) is 10.2 Å². The number of amides is 1. The van der Waals surface area contributed by atoms with Crippen LogP contribution in [0.2, 0.25) is 0 Å². The number of benzene rings is 1. The van der Waals surface area contributed by atoms with Crippen molar-refractivity contribution in [2.75, 3.05) is 0 Å². The topological polar surface area (TPSA) is 113 Å². The van der Waals surface area contributed by atoms with Crippen molar-refractivity contribution in [3.8, 4) is 10.6 Å². The lowest BCUT2D eigenvalue weighted by molar-refractivity contribution is -0.384. The van der Waals surface area contributed by atoms with Crippen molar-refractivity contribution in [2.24, 2.45) is 5.10 Å². The van der Waals surface area contributed by atoms with Crippen LogP contribution in [-0.4, -0.2) is 26.7 Å². The third kappa shape index (κ3) is 3.83. The van der Waals surface area contributed by atoms with Crippen LogP contribution in [0.3, 0.4) is 0 Å². The molecule has 3 aromatic rings. The van der Waals surface area contributed by atoms with E-state index < -0.39 is 10.8 Å². The normalized spacial score (nSPS) is 11.4. The molecule has 0 radical (unpaired) electrons. The van der Waals surface area contributed by atoms with Crippen LogP contribution >= 0.6 is 11.3 Å². The van der Waals surface area contributed by atoms with Crippen molar-refractivity contribution in [3.63, 3.8) is 0 Å². The summed E-state index contributed by atoms with van der Waals surface area (Å²) in [5.41, 5.74) is 4.63. The van der Waals surface area contributed by atoms with E-state index in [0.717, 1.165) is 10.6 Å². The zero-order valence-corrected chi connectivity index (χ0v) is 14.8. The summed E-state index contributed by atoms with van der Waals surface area (Å²) in [6.07, 6.45) is 0. The third-order valence-corrected chi connectivity index (χ3v) is 4.67. The molecule has 132 valence electrons. The van der Waals surface area contributed by atoms with E-state index in [-0.39, 0.29) is 11.4 Å². The lowest BCUT2D eigenvalue weighted by Crippen LogP contribution is -2.19. The zero-order chi connectivity index (χ0) is 18.7. The Balaban J connectivity index is 1.68. The fraction of sp³-hybridized carbons (Fsp3) is 0.118. The maximum atomic E-state index is 12.2. The molecule has 1 aromatic carbocycles. The quantitative estimate of drug-likeness (QED) is 0.407. The Morgan fingerprint density at radius 1 is 1.27 bits per heavy atom. The predicted octanol–water partition coefficient (Wildman–Crippen LogP) is 3.51. The number of nitro groups is 1. The van der Waals surface area contributed by atoms with E-state index in [1.807, 2.05) is 19.1 Å². The average molecular weight is 369 g/mol. The van der Waals surface area contributed by atoms with Gasteiger partial charge in [-0.1, -0.05) is 0 Å². The van der Waals surface area contributed by atoms with E-state index in [1.165, 1.54) is 17.0 Å². The number of nitrogens with one attached hydrogen (secondary N) is 2.